The summed E-state index contributed by atoms with van der Waals surface area (Å²) in [6.07, 6.45) is 2.02. The summed E-state index contributed by atoms with van der Waals surface area (Å²) in [5.41, 5.74) is 3.12. The van der Waals surface area contributed by atoms with Gasteiger partial charge in [0.2, 0.25) is 0 Å². The number of hydrogen-bond acceptors (Lipinski definition) is 4. The Morgan fingerprint density at radius 2 is 2.00 bits per heavy atom. The predicted octanol–water partition coefficient (Wildman–Crippen LogP) is 3.71. The molecule has 0 aliphatic carbocycles. The molecule has 1 unspecified atom stereocenters. The number of aryl methyl sites for hydroxylation is 1. The molecular weight excluding hydrogens is 368 g/mol. The lowest BCUT2D eigenvalue weighted by atomic mass is 10.1. The van der Waals surface area contributed by atoms with Crippen LogP contribution >= 0.6 is 0 Å². The molecule has 1 atom stereocenters. The van der Waals surface area contributed by atoms with Gasteiger partial charge in [0.25, 0.3) is 5.91 Å². The van der Waals surface area contributed by atoms with Crippen molar-refractivity contribution in [2.75, 3.05) is 6.54 Å². The smallest absolute Gasteiger partial charge is 0.336 e. The molecule has 2 aromatic heterocycles. The van der Waals surface area contributed by atoms with E-state index in [4.69, 9.17) is 9.15 Å². The fourth-order valence-corrected chi connectivity index (χ4v) is 3.44. The number of hydrogen-bond donors (Lipinski definition) is 2. The number of H-pyrrole nitrogens is 1. The maximum absolute atomic E-state index is 12.4. The molecule has 0 spiro atoms. The summed E-state index contributed by atoms with van der Waals surface area (Å²) in [6, 6.07) is 14.8. The number of nitrogens with one attached hydrogen (secondary N) is 2. The lowest BCUT2D eigenvalue weighted by molar-refractivity contribution is -0.127. The van der Waals surface area contributed by atoms with Crippen LogP contribution in [0.2, 0.25) is 0 Å². The molecule has 2 N–H and O–H groups in total. The van der Waals surface area contributed by atoms with E-state index in [2.05, 4.69) is 16.4 Å². The van der Waals surface area contributed by atoms with E-state index in [1.807, 2.05) is 37.4 Å². The largest absolute Gasteiger partial charge is 0.481 e. The van der Waals surface area contributed by atoms with Crippen molar-refractivity contribution < 1.29 is 13.9 Å². The molecule has 0 aliphatic heterocycles. The first-order valence-electron chi connectivity index (χ1n) is 9.55. The maximum atomic E-state index is 12.4. The van der Waals surface area contributed by atoms with Crippen molar-refractivity contribution in [1.29, 1.82) is 0 Å². The molecule has 148 valence electrons. The lowest BCUT2D eigenvalue weighted by Gasteiger charge is -2.15. The minimum atomic E-state index is -0.674. The SMILES string of the molecule is Cc1cc(=O)oc2cc(OC(C)C(=O)NCCc3c[nH]c4ccccc34)ccc12. The van der Waals surface area contributed by atoms with Crippen molar-refractivity contribution in [2.45, 2.75) is 26.4 Å². The molecule has 6 nitrogen and oxygen atoms in total. The Morgan fingerprint density at radius 1 is 1.17 bits per heavy atom. The first-order valence-corrected chi connectivity index (χ1v) is 9.55. The predicted molar refractivity (Wildman–Crippen MR) is 112 cm³/mol. The third kappa shape index (κ3) is 4.01. The lowest BCUT2D eigenvalue weighted by Crippen LogP contribution is -2.37. The van der Waals surface area contributed by atoms with Gasteiger partial charge in [-0.15, -0.1) is 0 Å². The van der Waals surface area contributed by atoms with Gasteiger partial charge in [0.05, 0.1) is 0 Å². The van der Waals surface area contributed by atoms with Crippen LogP contribution < -0.4 is 15.7 Å². The number of benzene rings is 2. The summed E-state index contributed by atoms with van der Waals surface area (Å²) in [5.74, 6) is 0.279. The number of rotatable bonds is 6. The quantitative estimate of drug-likeness (QED) is 0.492. The molecule has 6 heteroatoms. The minimum Gasteiger partial charge on any atom is -0.481 e. The normalized spacial score (nSPS) is 12.2. The molecule has 0 saturated carbocycles. The average Bonchev–Trinajstić information content (AvgIpc) is 3.10. The van der Waals surface area contributed by atoms with Crippen LogP contribution in [0.5, 0.6) is 5.75 Å². The van der Waals surface area contributed by atoms with Gasteiger partial charge >= 0.3 is 5.63 Å². The summed E-state index contributed by atoms with van der Waals surface area (Å²) in [6.45, 7) is 4.06. The van der Waals surface area contributed by atoms with Crippen molar-refractivity contribution in [1.82, 2.24) is 10.3 Å². The molecule has 4 rings (SSSR count). The summed E-state index contributed by atoms with van der Waals surface area (Å²) < 4.78 is 11.0. The molecule has 1 amide bonds. The number of para-hydroxylation sites is 1. The van der Waals surface area contributed by atoms with Crippen LogP contribution in [0.15, 0.2) is 63.9 Å². The van der Waals surface area contributed by atoms with Gasteiger partial charge in [-0.1, -0.05) is 18.2 Å². The maximum Gasteiger partial charge on any atom is 0.336 e. The van der Waals surface area contributed by atoms with Gasteiger partial charge in [0.15, 0.2) is 6.10 Å². The number of ether oxygens (including phenoxy) is 1. The zero-order chi connectivity index (χ0) is 20.4. The highest BCUT2D eigenvalue weighted by Gasteiger charge is 2.15. The van der Waals surface area contributed by atoms with E-state index in [0.717, 1.165) is 28.5 Å². The van der Waals surface area contributed by atoms with Gasteiger partial charge in [-0.05, 0) is 49.6 Å². The number of fused-ring (bicyclic) bond motifs is 2. The van der Waals surface area contributed by atoms with Gasteiger partial charge < -0.3 is 19.5 Å². The summed E-state index contributed by atoms with van der Waals surface area (Å²) in [5, 5.41) is 4.92. The van der Waals surface area contributed by atoms with Gasteiger partial charge in [-0.2, -0.15) is 0 Å². The zero-order valence-electron chi connectivity index (χ0n) is 16.3. The topological polar surface area (TPSA) is 84.3 Å². The van der Waals surface area contributed by atoms with Crippen LogP contribution in [-0.4, -0.2) is 23.5 Å². The Labute approximate surface area is 167 Å². The summed E-state index contributed by atoms with van der Waals surface area (Å²) >= 11 is 0. The van der Waals surface area contributed by atoms with Crippen LogP contribution in [0.1, 0.15) is 18.1 Å². The van der Waals surface area contributed by atoms with E-state index < -0.39 is 11.7 Å². The molecular formula is C23H22N2O4. The van der Waals surface area contributed by atoms with Gasteiger partial charge in [0, 0.05) is 41.2 Å². The van der Waals surface area contributed by atoms with Gasteiger partial charge in [-0.3, -0.25) is 4.79 Å². The average molecular weight is 390 g/mol. The first-order chi connectivity index (χ1) is 14.0. The molecule has 0 fully saturated rings. The van der Waals surface area contributed by atoms with Crippen LogP contribution in [0, 0.1) is 6.92 Å². The molecule has 2 aromatic carbocycles. The Morgan fingerprint density at radius 3 is 2.86 bits per heavy atom. The third-order valence-electron chi connectivity index (χ3n) is 4.97. The van der Waals surface area contributed by atoms with E-state index in [1.54, 1.807) is 19.1 Å². The van der Waals surface area contributed by atoms with Crippen molar-refractivity contribution >= 4 is 27.8 Å². The van der Waals surface area contributed by atoms with Crippen LogP contribution in [-0.2, 0) is 11.2 Å². The third-order valence-corrected chi connectivity index (χ3v) is 4.97. The zero-order valence-corrected chi connectivity index (χ0v) is 16.3. The molecule has 0 aliphatic rings. The second-order valence-corrected chi connectivity index (χ2v) is 7.07. The highest BCUT2D eigenvalue weighted by Crippen LogP contribution is 2.23. The van der Waals surface area contributed by atoms with Gasteiger partial charge in [-0.25, -0.2) is 4.79 Å². The molecule has 29 heavy (non-hydrogen) atoms. The number of carbonyl (C=O) groups excluding carboxylic acids is 1. The van der Waals surface area contributed by atoms with Crippen LogP contribution in [0.4, 0.5) is 0 Å². The standard InChI is InChI=1S/C23H22N2O4/c1-14-11-22(26)29-21-12-17(7-8-18(14)21)28-15(2)23(27)24-10-9-16-13-25-20-6-4-3-5-19(16)20/h3-8,11-13,15,25H,9-10H2,1-2H3,(H,24,27). The molecule has 4 aromatic rings. The molecule has 0 radical (unpaired) electrons. The Bertz CT molecular complexity index is 1240. The summed E-state index contributed by atoms with van der Waals surface area (Å²) in [7, 11) is 0. The Balaban J connectivity index is 1.37. The second kappa shape index (κ2) is 7.83. The second-order valence-electron chi connectivity index (χ2n) is 7.07. The Kier molecular flexibility index (Phi) is 5.08. The van der Waals surface area contributed by atoms with E-state index >= 15 is 0 Å². The van der Waals surface area contributed by atoms with Crippen LogP contribution in [0.25, 0.3) is 21.9 Å². The monoisotopic (exact) mass is 390 g/mol. The van der Waals surface area contributed by atoms with Gasteiger partial charge in [0.1, 0.15) is 11.3 Å². The fourth-order valence-electron chi connectivity index (χ4n) is 3.44. The number of aromatic nitrogens is 1. The highest BCUT2D eigenvalue weighted by molar-refractivity contribution is 5.84. The highest BCUT2D eigenvalue weighted by atomic mass is 16.5. The van der Waals surface area contributed by atoms with Crippen molar-refractivity contribution in [3.8, 4) is 5.75 Å². The van der Waals surface area contributed by atoms with Crippen molar-refractivity contribution in [2.24, 2.45) is 0 Å². The summed E-state index contributed by atoms with van der Waals surface area (Å²) in [4.78, 5) is 27.2. The van der Waals surface area contributed by atoms with Crippen molar-refractivity contribution in [3.63, 3.8) is 0 Å². The number of carbonyl (C=O) groups is 1. The fraction of sp³-hybridized carbons (Fsp3) is 0.217. The van der Waals surface area contributed by atoms with E-state index in [0.29, 0.717) is 17.9 Å². The van der Waals surface area contributed by atoms with E-state index in [1.165, 1.54) is 11.5 Å². The van der Waals surface area contributed by atoms with Crippen LogP contribution in [0.3, 0.4) is 0 Å². The number of amides is 1. The number of aromatic amines is 1. The van der Waals surface area contributed by atoms with Crippen molar-refractivity contribution in [3.05, 3.63) is 76.3 Å². The molecule has 0 bridgehead atoms. The van der Waals surface area contributed by atoms with E-state index in [9.17, 15) is 9.59 Å². The Hall–Kier alpha value is -3.54. The van der Waals surface area contributed by atoms with E-state index in [-0.39, 0.29) is 5.91 Å². The minimum absolute atomic E-state index is 0.198. The molecule has 2 heterocycles. The first kappa shape index (κ1) is 18.8. The molecule has 0 saturated heterocycles.